The minimum atomic E-state index is 0.837. The molecule has 0 fully saturated rings. The molecule has 0 atom stereocenters. The van der Waals surface area contributed by atoms with Crippen molar-refractivity contribution in [1.82, 2.24) is 0 Å². The summed E-state index contributed by atoms with van der Waals surface area (Å²) in [4.78, 5) is 0. The van der Waals surface area contributed by atoms with Crippen molar-refractivity contribution in [3.63, 3.8) is 0 Å². The monoisotopic (exact) mass is 417 g/mol. The summed E-state index contributed by atoms with van der Waals surface area (Å²) in [5, 5.41) is 5.13. The zero-order valence-electron chi connectivity index (χ0n) is 17.9. The standard InChI is InChI=1S/C32H19N/c33-27-17-19-8-6-14-23-21-10-2-4-12-25(21)32(29(19)23)31(27)26-16-15-18-7-5-13-22-20-9-1-3-11-24(20)30(26)28(18)22/h1-17H,33H2. The molecule has 33 heavy (non-hydrogen) atoms. The fourth-order valence-electron chi connectivity index (χ4n) is 6.23. The SMILES string of the molecule is Nc1cc2cccc3c2c(c1-c1ccc2cccc4c2c1-c1ccccc1-4)-c1ccccc1-3. The molecule has 0 heterocycles. The van der Waals surface area contributed by atoms with E-state index in [-0.39, 0.29) is 0 Å². The lowest BCUT2D eigenvalue weighted by Crippen LogP contribution is -1.95. The third-order valence-electron chi connectivity index (χ3n) is 7.48. The molecule has 0 unspecified atom stereocenters. The number of rotatable bonds is 1. The second-order valence-electron chi connectivity index (χ2n) is 9.10. The van der Waals surface area contributed by atoms with E-state index < -0.39 is 0 Å². The van der Waals surface area contributed by atoms with Gasteiger partial charge in [-0.25, -0.2) is 0 Å². The molecule has 0 aromatic heterocycles. The van der Waals surface area contributed by atoms with Gasteiger partial charge in [0.2, 0.25) is 0 Å². The molecule has 0 amide bonds. The lowest BCUT2D eigenvalue weighted by Gasteiger charge is -2.18. The summed E-state index contributed by atoms with van der Waals surface area (Å²) in [7, 11) is 0. The first-order chi connectivity index (χ1) is 16.3. The molecule has 0 aliphatic heterocycles. The van der Waals surface area contributed by atoms with Gasteiger partial charge in [-0.05, 0) is 72.1 Å². The van der Waals surface area contributed by atoms with E-state index in [1.165, 1.54) is 71.6 Å². The van der Waals surface area contributed by atoms with E-state index in [2.05, 4.69) is 103 Å². The van der Waals surface area contributed by atoms with Crippen molar-refractivity contribution in [2.75, 3.05) is 5.73 Å². The molecule has 8 rings (SSSR count). The lowest BCUT2D eigenvalue weighted by atomic mass is 9.86. The Morgan fingerprint density at radius 1 is 0.364 bits per heavy atom. The van der Waals surface area contributed by atoms with Crippen LogP contribution >= 0.6 is 0 Å². The molecule has 0 radical (unpaired) electrons. The van der Waals surface area contributed by atoms with Crippen LogP contribution in [0.2, 0.25) is 0 Å². The molecule has 2 aliphatic rings. The van der Waals surface area contributed by atoms with Gasteiger partial charge in [0.1, 0.15) is 0 Å². The summed E-state index contributed by atoms with van der Waals surface area (Å²) >= 11 is 0. The van der Waals surface area contributed by atoms with Crippen LogP contribution in [-0.4, -0.2) is 0 Å². The average Bonchev–Trinajstić information content (AvgIpc) is 3.37. The Kier molecular flexibility index (Phi) is 3.08. The highest BCUT2D eigenvalue weighted by molar-refractivity contribution is 6.25. The van der Waals surface area contributed by atoms with Crippen molar-refractivity contribution in [3.05, 3.63) is 103 Å². The Labute approximate surface area is 191 Å². The molecule has 0 spiro atoms. The highest BCUT2D eigenvalue weighted by Gasteiger charge is 2.30. The molecular formula is C32H19N. The van der Waals surface area contributed by atoms with Gasteiger partial charge in [-0.15, -0.1) is 0 Å². The molecule has 1 heteroatoms. The van der Waals surface area contributed by atoms with Gasteiger partial charge in [-0.3, -0.25) is 0 Å². The summed E-state index contributed by atoms with van der Waals surface area (Å²) in [5.41, 5.74) is 20.5. The van der Waals surface area contributed by atoms with Crippen molar-refractivity contribution in [3.8, 4) is 55.6 Å². The van der Waals surface area contributed by atoms with Gasteiger partial charge in [-0.2, -0.15) is 0 Å². The third kappa shape index (κ3) is 2.03. The van der Waals surface area contributed by atoms with Gasteiger partial charge in [-0.1, -0.05) is 97.1 Å². The minimum absolute atomic E-state index is 0.837. The topological polar surface area (TPSA) is 26.0 Å². The smallest absolute Gasteiger partial charge is 0.0406 e. The Bertz CT molecular complexity index is 1820. The number of nitrogen functional groups attached to an aromatic ring is 1. The summed E-state index contributed by atoms with van der Waals surface area (Å²) in [5.74, 6) is 0. The number of nitrogens with two attached hydrogens (primary N) is 1. The number of anilines is 1. The maximum absolute atomic E-state index is 6.88. The van der Waals surface area contributed by atoms with Crippen LogP contribution in [0, 0.1) is 0 Å². The average molecular weight is 418 g/mol. The van der Waals surface area contributed by atoms with Crippen molar-refractivity contribution in [1.29, 1.82) is 0 Å². The van der Waals surface area contributed by atoms with Crippen molar-refractivity contribution >= 4 is 27.2 Å². The maximum Gasteiger partial charge on any atom is 0.0406 e. The lowest BCUT2D eigenvalue weighted by molar-refractivity contribution is 1.65. The number of hydrogen-bond acceptors (Lipinski definition) is 1. The van der Waals surface area contributed by atoms with Gasteiger partial charge < -0.3 is 5.73 Å². The van der Waals surface area contributed by atoms with Gasteiger partial charge in [0.15, 0.2) is 0 Å². The normalized spacial score (nSPS) is 12.4. The molecule has 6 aromatic rings. The summed E-state index contributed by atoms with van der Waals surface area (Å²) in [6.45, 7) is 0. The van der Waals surface area contributed by atoms with Crippen molar-refractivity contribution in [2.24, 2.45) is 0 Å². The Balaban J connectivity index is 1.58. The van der Waals surface area contributed by atoms with Crippen LogP contribution in [0.15, 0.2) is 103 Å². The van der Waals surface area contributed by atoms with E-state index in [4.69, 9.17) is 5.73 Å². The molecule has 6 aromatic carbocycles. The Morgan fingerprint density at radius 3 is 1.61 bits per heavy atom. The number of benzene rings is 6. The zero-order valence-corrected chi connectivity index (χ0v) is 17.9. The molecule has 0 saturated heterocycles. The third-order valence-corrected chi connectivity index (χ3v) is 7.48. The Morgan fingerprint density at radius 2 is 0.909 bits per heavy atom. The fourth-order valence-corrected chi connectivity index (χ4v) is 6.23. The van der Waals surface area contributed by atoms with Crippen LogP contribution < -0.4 is 5.73 Å². The zero-order chi connectivity index (χ0) is 21.7. The predicted molar refractivity (Wildman–Crippen MR) is 140 cm³/mol. The summed E-state index contributed by atoms with van der Waals surface area (Å²) in [6.07, 6.45) is 0. The first-order valence-corrected chi connectivity index (χ1v) is 11.4. The van der Waals surface area contributed by atoms with Gasteiger partial charge in [0, 0.05) is 16.8 Å². The first kappa shape index (κ1) is 17.2. The van der Waals surface area contributed by atoms with E-state index in [1.807, 2.05) is 0 Å². The predicted octanol–water partition coefficient (Wildman–Crippen LogP) is 8.54. The van der Waals surface area contributed by atoms with Crippen molar-refractivity contribution < 1.29 is 0 Å². The highest BCUT2D eigenvalue weighted by atomic mass is 14.6. The van der Waals surface area contributed by atoms with Crippen LogP contribution in [-0.2, 0) is 0 Å². The minimum Gasteiger partial charge on any atom is -0.398 e. The van der Waals surface area contributed by atoms with E-state index in [9.17, 15) is 0 Å². The van der Waals surface area contributed by atoms with Gasteiger partial charge in [0.05, 0.1) is 0 Å². The first-order valence-electron chi connectivity index (χ1n) is 11.4. The molecular weight excluding hydrogens is 398 g/mol. The van der Waals surface area contributed by atoms with E-state index in [0.717, 1.165) is 11.3 Å². The second-order valence-corrected chi connectivity index (χ2v) is 9.10. The summed E-state index contributed by atoms with van der Waals surface area (Å²) < 4.78 is 0. The molecule has 2 aliphatic carbocycles. The van der Waals surface area contributed by atoms with Gasteiger partial charge in [0.25, 0.3) is 0 Å². The van der Waals surface area contributed by atoms with Crippen LogP contribution in [0.1, 0.15) is 0 Å². The molecule has 1 nitrogen and oxygen atoms in total. The highest BCUT2D eigenvalue weighted by Crippen LogP contribution is 2.57. The van der Waals surface area contributed by atoms with E-state index in [0.29, 0.717) is 0 Å². The molecule has 0 bridgehead atoms. The summed E-state index contributed by atoms with van der Waals surface area (Å²) in [6, 6.07) is 37.4. The van der Waals surface area contributed by atoms with Crippen LogP contribution in [0.4, 0.5) is 5.69 Å². The van der Waals surface area contributed by atoms with E-state index >= 15 is 0 Å². The largest absolute Gasteiger partial charge is 0.398 e. The fraction of sp³-hybridized carbons (Fsp3) is 0. The quantitative estimate of drug-likeness (QED) is 0.266. The molecule has 152 valence electrons. The Hall–Kier alpha value is -4.36. The van der Waals surface area contributed by atoms with Crippen molar-refractivity contribution in [2.45, 2.75) is 0 Å². The molecule has 2 N–H and O–H groups in total. The number of hydrogen-bond donors (Lipinski definition) is 1. The van der Waals surface area contributed by atoms with Gasteiger partial charge >= 0.3 is 0 Å². The second kappa shape index (κ2) is 5.90. The molecule has 0 saturated carbocycles. The number of fused-ring (bicyclic) bond motifs is 6. The van der Waals surface area contributed by atoms with Crippen LogP contribution in [0.25, 0.3) is 77.2 Å². The van der Waals surface area contributed by atoms with E-state index in [1.54, 1.807) is 0 Å². The van der Waals surface area contributed by atoms with Crippen LogP contribution in [0.3, 0.4) is 0 Å². The van der Waals surface area contributed by atoms with Crippen LogP contribution in [0.5, 0.6) is 0 Å². The maximum atomic E-state index is 6.88.